The Hall–Kier alpha value is -2.60. The highest BCUT2D eigenvalue weighted by molar-refractivity contribution is 5.92. The lowest BCUT2D eigenvalue weighted by Gasteiger charge is -2.08. The highest BCUT2D eigenvalue weighted by atomic mass is 16.5. The largest absolute Gasteiger partial charge is 0.381 e. The lowest BCUT2D eigenvalue weighted by atomic mass is 10.2. The minimum Gasteiger partial charge on any atom is -0.381 e. The standard InChI is InChI=1S/C15H18N4O2/c1-3-19-10-12(9-17-19)8-16-13-5-4-6-14(7-13)18-15(20)11-21-2/h3-7,9-10,16H,1,8,11H2,2H3,(H,18,20). The molecule has 6 nitrogen and oxygen atoms in total. The van der Waals surface area contributed by atoms with Gasteiger partial charge in [-0.25, -0.2) is 4.68 Å². The van der Waals surface area contributed by atoms with Gasteiger partial charge >= 0.3 is 0 Å². The third-order valence-corrected chi connectivity index (χ3v) is 2.76. The Balaban J connectivity index is 1.94. The van der Waals surface area contributed by atoms with Crippen LogP contribution in [0.1, 0.15) is 5.56 Å². The Labute approximate surface area is 123 Å². The van der Waals surface area contributed by atoms with Crippen LogP contribution >= 0.6 is 0 Å². The van der Waals surface area contributed by atoms with E-state index < -0.39 is 0 Å². The average molecular weight is 286 g/mol. The molecule has 0 spiro atoms. The lowest BCUT2D eigenvalue weighted by molar-refractivity contribution is -0.119. The molecule has 0 aliphatic carbocycles. The van der Waals surface area contributed by atoms with E-state index in [0.717, 1.165) is 16.9 Å². The molecule has 110 valence electrons. The van der Waals surface area contributed by atoms with Gasteiger partial charge in [-0.05, 0) is 18.2 Å². The number of anilines is 2. The smallest absolute Gasteiger partial charge is 0.250 e. The molecule has 0 aliphatic heterocycles. The van der Waals surface area contributed by atoms with Crippen molar-refractivity contribution in [2.45, 2.75) is 6.54 Å². The number of benzene rings is 1. The summed E-state index contributed by atoms with van der Waals surface area (Å²) in [6, 6.07) is 7.50. The summed E-state index contributed by atoms with van der Waals surface area (Å²) < 4.78 is 6.43. The Morgan fingerprint density at radius 1 is 1.48 bits per heavy atom. The van der Waals surface area contributed by atoms with Crippen molar-refractivity contribution in [3.05, 3.63) is 48.8 Å². The second-order valence-corrected chi connectivity index (χ2v) is 4.43. The highest BCUT2D eigenvalue weighted by Crippen LogP contribution is 2.16. The summed E-state index contributed by atoms with van der Waals surface area (Å²) >= 11 is 0. The van der Waals surface area contributed by atoms with Crippen LogP contribution in [0.4, 0.5) is 11.4 Å². The Kier molecular flexibility index (Phi) is 5.11. The number of nitrogens with one attached hydrogen (secondary N) is 2. The van der Waals surface area contributed by atoms with Crippen LogP contribution < -0.4 is 10.6 Å². The van der Waals surface area contributed by atoms with Crippen LogP contribution in [0.5, 0.6) is 0 Å². The van der Waals surface area contributed by atoms with Crippen LogP contribution in [-0.4, -0.2) is 29.4 Å². The van der Waals surface area contributed by atoms with Gasteiger partial charge in [-0.1, -0.05) is 12.6 Å². The molecule has 1 heterocycles. The Bertz CT molecular complexity index is 622. The fourth-order valence-electron chi connectivity index (χ4n) is 1.81. The second kappa shape index (κ2) is 7.25. The first-order chi connectivity index (χ1) is 10.2. The van der Waals surface area contributed by atoms with Crippen molar-refractivity contribution in [2.24, 2.45) is 0 Å². The van der Waals surface area contributed by atoms with E-state index in [1.54, 1.807) is 17.1 Å². The van der Waals surface area contributed by atoms with Crippen molar-refractivity contribution < 1.29 is 9.53 Å². The SMILES string of the molecule is C=Cn1cc(CNc2cccc(NC(=O)COC)c2)cn1. The van der Waals surface area contributed by atoms with Crippen LogP contribution in [0.15, 0.2) is 43.2 Å². The number of ether oxygens (including phenoxy) is 1. The molecule has 2 aromatic rings. The molecule has 0 unspecified atom stereocenters. The molecule has 0 saturated carbocycles. The van der Waals surface area contributed by atoms with Crippen LogP contribution in [0.3, 0.4) is 0 Å². The van der Waals surface area contributed by atoms with E-state index in [2.05, 4.69) is 22.3 Å². The number of rotatable bonds is 7. The number of nitrogens with zero attached hydrogens (tertiary/aromatic N) is 2. The number of methoxy groups -OCH3 is 1. The lowest BCUT2D eigenvalue weighted by Crippen LogP contribution is -2.17. The third kappa shape index (κ3) is 4.47. The molecular weight excluding hydrogens is 268 g/mol. The molecule has 2 rings (SSSR count). The maximum atomic E-state index is 11.5. The van der Waals surface area contributed by atoms with Gasteiger partial charge in [-0.15, -0.1) is 0 Å². The van der Waals surface area contributed by atoms with Crippen LogP contribution in [0.25, 0.3) is 6.20 Å². The molecule has 21 heavy (non-hydrogen) atoms. The first-order valence-corrected chi connectivity index (χ1v) is 6.49. The van der Waals surface area contributed by atoms with Crippen LogP contribution in [0.2, 0.25) is 0 Å². The summed E-state index contributed by atoms with van der Waals surface area (Å²) in [5, 5.41) is 10.1. The van der Waals surface area contributed by atoms with Crippen LogP contribution in [-0.2, 0) is 16.1 Å². The summed E-state index contributed by atoms with van der Waals surface area (Å²) in [6.07, 6.45) is 5.30. The summed E-state index contributed by atoms with van der Waals surface area (Å²) in [6.45, 7) is 4.33. The number of carbonyl (C=O) groups excluding carboxylic acids is 1. The molecular formula is C15H18N4O2. The molecule has 1 amide bonds. The Morgan fingerprint density at radius 3 is 3.00 bits per heavy atom. The number of hydrogen-bond acceptors (Lipinski definition) is 4. The average Bonchev–Trinajstić information content (AvgIpc) is 2.94. The first-order valence-electron chi connectivity index (χ1n) is 6.49. The molecule has 0 radical (unpaired) electrons. The molecule has 0 saturated heterocycles. The molecule has 2 N–H and O–H groups in total. The summed E-state index contributed by atoms with van der Waals surface area (Å²) in [5.74, 6) is -0.179. The van der Waals surface area contributed by atoms with Crippen molar-refractivity contribution >= 4 is 23.5 Å². The molecule has 0 atom stereocenters. The van der Waals surface area contributed by atoms with Gasteiger partial charge in [0.05, 0.1) is 6.20 Å². The number of aromatic nitrogens is 2. The molecule has 0 bridgehead atoms. The van der Waals surface area contributed by atoms with Crippen molar-refractivity contribution in [1.29, 1.82) is 0 Å². The van der Waals surface area contributed by atoms with E-state index in [1.807, 2.05) is 30.5 Å². The van der Waals surface area contributed by atoms with E-state index in [-0.39, 0.29) is 12.5 Å². The predicted octanol–water partition coefficient (Wildman–Crippen LogP) is 2.18. The molecule has 0 aliphatic rings. The predicted molar refractivity (Wildman–Crippen MR) is 82.9 cm³/mol. The van der Waals surface area contributed by atoms with Gasteiger partial charge < -0.3 is 15.4 Å². The van der Waals surface area contributed by atoms with Gasteiger partial charge in [-0.2, -0.15) is 5.10 Å². The van der Waals surface area contributed by atoms with Crippen LogP contribution in [0, 0.1) is 0 Å². The monoisotopic (exact) mass is 286 g/mol. The third-order valence-electron chi connectivity index (χ3n) is 2.76. The van der Waals surface area contributed by atoms with E-state index in [0.29, 0.717) is 6.54 Å². The second-order valence-electron chi connectivity index (χ2n) is 4.43. The van der Waals surface area contributed by atoms with Crippen molar-refractivity contribution in [1.82, 2.24) is 9.78 Å². The van der Waals surface area contributed by atoms with E-state index in [9.17, 15) is 4.79 Å². The van der Waals surface area contributed by atoms with E-state index in [4.69, 9.17) is 4.74 Å². The summed E-state index contributed by atoms with van der Waals surface area (Å²) in [7, 11) is 1.49. The minimum absolute atomic E-state index is 0.0401. The van der Waals surface area contributed by atoms with Crippen molar-refractivity contribution in [3.63, 3.8) is 0 Å². The maximum Gasteiger partial charge on any atom is 0.250 e. The van der Waals surface area contributed by atoms with Crippen molar-refractivity contribution in [3.8, 4) is 0 Å². The van der Waals surface area contributed by atoms with E-state index in [1.165, 1.54) is 7.11 Å². The minimum atomic E-state index is -0.179. The quantitative estimate of drug-likeness (QED) is 0.818. The molecule has 1 aromatic carbocycles. The highest BCUT2D eigenvalue weighted by Gasteiger charge is 2.02. The number of carbonyl (C=O) groups is 1. The zero-order valence-electron chi connectivity index (χ0n) is 11.9. The number of hydrogen-bond donors (Lipinski definition) is 2. The topological polar surface area (TPSA) is 68.2 Å². The molecule has 0 fully saturated rings. The zero-order valence-corrected chi connectivity index (χ0v) is 11.9. The van der Waals surface area contributed by atoms with E-state index >= 15 is 0 Å². The normalized spacial score (nSPS) is 10.1. The summed E-state index contributed by atoms with van der Waals surface area (Å²) in [4.78, 5) is 11.5. The Morgan fingerprint density at radius 2 is 2.29 bits per heavy atom. The first kappa shape index (κ1) is 14.8. The maximum absolute atomic E-state index is 11.5. The van der Waals surface area contributed by atoms with Gasteiger partial charge in [0, 0.05) is 43.0 Å². The summed E-state index contributed by atoms with van der Waals surface area (Å²) in [5.41, 5.74) is 2.68. The van der Waals surface area contributed by atoms with Gasteiger partial charge in [0.25, 0.3) is 0 Å². The van der Waals surface area contributed by atoms with Crippen molar-refractivity contribution in [2.75, 3.05) is 24.4 Å². The van der Waals surface area contributed by atoms with Gasteiger partial charge in [0.15, 0.2) is 0 Å². The fraction of sp³-hybridized carbons (Fsp3) is 0.200. The van der Waals surface area contributed by atoms with Gasteiger partial charge in [0.2, 0.25) is 5.91 Å². The zero-order chi connectivity index (χ0) is 15.1. The molecule has 6 heteroatoms. The van der Waals surface area contributed by atoms with Gasteiger partial charge in [-0.3, -0.25) is 4.79 Å². The molecule has 1 aromatic heterocycles. The fourth-order valence-corrected chi connectivity index (χ4v) is 1.81. The van der Waals surface area contributed by atoms with Gasteiger partial charge in [0.1, 0.15) is 6.61 Å². The number of amides is 1.